The third-order valence-electron chi connectivity index (χ3n) is 4.98. The molecule has 0 aliphatic rings. The van der Waals surface area contributed by atoms with Crippen LogP contribution in [0.5, 0.6) is 10.9 Å². The van der Waals surface area contributed by atoms with Gasteiger partial charge in [0.25, 0.3) is 16.3 Å². The van der Waals surface area contributed by atoms with Crippen LogP contribution >= 0.6 is 11.3 Å². The third-order valence-corrected chi connectivity index (χ3v) is 5.88. The summed E-state index contributed by atoms with van der Waals surface area (Å²) < 4.78 is 38.8. The molecule has 4 rings (SSSR count). The number of alkyl halides is 2. The molecular weight excluding hydrogens is 464 g/mol. The average molecular weight is 488 g/mol. The van der Waals surface area contributed by atoms with Gasteiger partial charge in [0.1, 0.15) is 5.75 Å². The van der Waals surface area contributed by atoms with Crippen molar-refractivity contribution in [1.82, 2.24) is 14.1 Å². The van der Waals surface area contributed by atoms with Crippen molar-refractivity contribution in [2.24, 2.45) is 5.92 Å². The Morgan fingerprint density at radius 2 is 1.82 bits per heavy atom. The fraction of sp³-hybridized carbons (Fsp3) is 0.292. The Morgan fingerprint density at radius 1 is 1.09 bits per heavy atom. The van der Waals surface area contributed by atoms with Crippen molar-refractivity contribution in [1.29, 1.82) is 0 Å². The Bertz CT molecular complexity index is 1430. The Kier molecular flexibility index (Phi) is 6.78. The van der Waals surface area contributed by atoms with E-state index in [1.54, 1.807) is 22.9 Å². The van der Waals surface area contributed by atoms with Crippen LogP contribution in [0.15, 0.2) is 58.3 Å². The predicted octanol–water partition coefficient (Wildman–Crippen LogP) is 4.93. The fourth-order valence-electron chi connectivity index (χ4n) is 3.60. The highest BCUT2D eigenvalue weighted by Crippen LogP contribution is 2.31. The SMILES string of the molecule is CCOc1nc2c(cc(-c3ccc(=O)n(CC(C)C)c3)c(=O)n2-c2ccc(OC(F)F)cc2)s1. The number of fused-ring (bicyclic) bond motifs is 1. The van der Waals surface area contributed by atoms with Crippen LogP contribution in [-0.2, 0) is 6.54 Å². The van der Waals surface area contributed by atoms with Gasteiger partial charge >= 0.3 is 6.61 Å². The molecule has 0 aliphatic heterocycles. The first-order valence-electron chi connectivity index (χ1n) is 10.7. The van der Waals surface area contributed by atoms with E-state index in [4.69, 9.17) is 4.74 Å². The maximum absolute atomic E-state index is 13.7. The normalized spacial score (nSPS) is 11.5. The van der Waals surface area contributed by atoms with Gasteiger partial charge in [-0.1, -0.05) is 25.2 Å². The summed E-state index contributed by atoms with van der Waals surface area (Å²) in [6.07, 6.45) is 1.68. The second-order valence-electron chi connectivity index (χ2n) is 7.97. The molecule has 0 amide bonds. The molecule has 0 fully saturated rings. The van der Waals surface area contributed by atoms with Gasteiger partial charge < -0.3 is 14.0 Å². The van der Waals surface area contributed by atoms with E-state index in [1.807, 2.05) is 20.8 Å². The van der Waals surface area contributed by atoms with Crippen LogP contribution in [0.25, 0.3) is 27.2 Å². The molecule has 0 N–H and O–H groups in total. The first kappa shape index (κ1) is 23.6. The Balaban J connectivity index is 1.92. The summed E-state index contributed by atoms with van der Waals surface area (Å²) in [5.74, 6) is 0.226. The lowest BCUT2D eigenvalue weighted by Gasteiger charge is -2.13. The molecule has 34 heavy (non-hydrogen) atoms. The van der Waals surface area contributed by atoms with Crippen LogP contribution < -0.4 is 20.6 Å². The molecule has 7 nitrogen and oxygen atoms in total. The molecule has 0 aliphatic carbocycles. The van der Waals surface area contributed by atoms with Crippen molar-refractivity contribution in [2.45, 2.75) is 33.9 Å². The predicted molar refractivity (Wildman–Crippen MR) is 128 cm³/mol. The van der Waals surface area contributed by atoms with Gasteiger partial charge in [0.2, 0.25) is 0 Å². The average Bonchev–Trinajstić information content (AvgIpc) is 3.17. The largest absolute Gasteiger partial charge is 0.470 e. The smallest absolute Gasteiger partial charge is 0.387 e. The van der Waals surface area contributed by atoms with Crippen LogP contribution in [0.2, 0.25) is 0 Å². The maximum Gasteiger partial charge on any atom is 0.387 e. The molecule has 0 unspecified atom stereocenters. The number of rotatable bonds is 8. The first-order valence-corrected chi connectivity index (χ1v) is 11.5. The van der Waals surface area contributed by atoms with Crippen LogP contribution in [-0.4, -0.2) is 27.3 Å². The quantitative estimate of drug-likeness (QED) is 0.352. The van der Waals surface area contributed by atoms with E-state index in [9.17, 15) is 18.4 Å². The minimum absolute atomic E-state index is 0.0201. The van der Waals surface area contributed by atoms with E-state index in [2.05, 4.69) is 9.72 Å². The molecule has 4 aromatic rings. The lowest BCUT2D eigenvalue weighted by atomic mass is 10.1. The van der Waals surface area contributed by atoms with Gasteiger partial charge in [0, 0.05) is 24.4 Å². The van der Waals surface area contributed by atoms with Crippen LogP contribution in [0.3, 0.4) is 0 Å². The zero-order valence-corrected chi connectivity index (χ0v) is 19.6. The second-order valence-corrected chi connectivity index (χ2v) is 8.97. The molecule has 10 heteroatoms. The minimum atomic E-state index is -2.95. The number of hydrogen-bond donors (Lipinski definition) is 0. The topological polar surface area (TPSA) is 75.4 Å². The van der Waals surface area contributed by atoms with Crippen molar-refractivity contribution in [2.75, 3.05) is 6.61 Å². The monoisotopic (exact) mass is 487 g/mol. The minimum Gasteiger partial charge on any atom is -0.470 e. The molecule has 0 saturated heterocycles. The summed E-state index contributed by atoms with van der Waals surface area (Å²) in [5, 5.41) is 0.408. The highest BCUT2D eigenvalue weighted by Gasteiger charge is 2.18. The Labute approximate surface area is 197 Å². The third kappa shape index (κ3) is 4.86. The summed E-state index contributed by atoms with van der Waals surface area (Å²) >= 11 is 1.29. The molecule has 0 bridgehead atoms. The van der Waals surface area contributed by atoms with Gasteiger partial charge in [-0.05, 0) is 49.2 Å². The van der Waals surface area contributed by atoms with Gasteiger partial charge in [-0.25, -0.2) is 0 Å². The Morgan fingerprint density at radius 3 is 2.47 bits per heavy atom. The second kappa shape index (κ2) is 9.76. The van der Waals surface area contributed by atoms with Gasteiger partial charge in [-0.3, -0.25) is 14.2 Å². The summed E-state index contributed by atoms with van der Waals surface area (Å²) in [6.45, 7) is 3.83. The number of thiazole rings is 1. The van der Waals surface area contributed by atoms with Crippen LogP contribution in [0, 0.1) is 5.92 Å². The van der Waals surface area contributed by atoms with Crippen LogP contribution in [0.4, 0.5) is 8.78 Å². The van der Waals surface area contributed by atoms with E-state index in [0.29, 0.717) is 45.5 Å². The van der Waals surface area contributed by atoms with Gasteiger partial charge in [-0.15, -0.1) is 0 Å². The molecule has 178 valence electrons. The summed E-state index contributed by atoms with van der Waals surface area (Å²) in [4.78, 5) is 30.4. The number of halogens is 2. The summed E-state index contributed by atoms with van der Waals surface area (Å²) in [5.41, 5.74) is 1.28. The molecular formula is C24H23F2N3O4S. The van der Waals surface area contributed by atoms with E-state index < -0.39 is 6.61 Å². The molecule has 1 aromatic carbocycles. The molecule has 0 saturated carbocycles. The highest BCUT2D eigenvalue weighted by atomic mass is 32.1. The van der Waals surface area contributed by atoms with Gasteiger partial charge in [0.05, 0.1) is 22.6 Å². The number of nitrogens with zero attached hydrogens (tertiary/aromatic N) is 3. The zero-order chi connectivity index (χ0) is 24.4. The van der Waals surface area contributed by atoms with Crippen molar-refractivity contribution in [3.05, 3.63) is 69.4 Å². The van der Waals surface area contributed by atoms with E-state index in [0.717, 1.165) is 0 Å². The molecule has 3 heterocycles. The van der Waals surface area contributed by atoms with Crippen LogP contribution in [0.1, 0.15) is 20.8 Å². The number of benzene rings is 1. The fourth-order valence-corrected chi connectivity index (χ4v) is 4.50. The van der Waals surface area contributed by atoms with Gasteiger partial charge in [-0.2, -0.15) is 13.8 Å². The van der Waals surface area contributed by atoms with Gasteiger partial charge in [0.15, 0.2) is 5.65 Å². The van der Waals surface area contributed by atoms with Crippen molar-refractivity contribution in [3.63, 3.8) is 0 Å². The van der Waals surface area contributed by atoms with Crippen molar-refractivity contribution >= 4 is 21.7 Å². The number of aromatic nitrogens is 3. The maximum atomic E-state index is 13.7. The van der Waals surface area contributed by atoms with E-state index in [-0.39, 0.29) is 22.8 Å². The summed E-state index contributed by atoms with van der Waals surface area (Å²) in [6, 6.07) is 10.6. The Hall–Kier alpha value is -3.53. The lowest BCUT2D eigenvalue weighted by Crippen LogP contribution is -2.23. The number of hydrogen-bond acceptors (Lipinski definition) is 6. The van der Waals surface area contributed by atoms with Crippen molar-refractivity contribution < 1.29 is 18.3 Å². The zero-order valence-electron chi connectivity index (χ0n) is 18.8. The number of pyridine rings is 2. The lowest BCUT2D eigenvalue weighted by molar-refractivity contribution is -0.0498. The van der Waals surface area contributed by atoms with E-state index in [1.165, 1.54) is 46.2 Å². The number of ether oxygens (including phenoxy) is 2. The molecule has 0 atom stereocenters. The molecule has 0 radical (unpaired) electrons. The molecule has 3 aromatic heterocycles. The van der Waals surface area contributed by atoms with E-state index >= 15 is 0 Å². The standard InChI is InChI=1S/C24H23F2N3O4S/c1-4-32-24-27-21-19(34-24)11-18(15-5-10-20(30)28(13-15)12-14(2)3)22(31)29(21)16-6-8-17(9-7-16)33-23(25)26/h5-11,13-14,23H,4,12H2,1-3H3. The first-order chi connectivity index (χ1) is 16.3. The molecule has 0 spiro atoms. The summed E-state index contributed by atoms with van der Waals surface area (Å²) in [7, 11) is 0. The van der Waals surface area contributed by atoms with Crippen molar-refractivity contribution in [3.8, 4) is 27.8 Å². The highest BCUT2D eigenvalue weighted by molar-refractivity contribution is 7.20.